The largest absolute Gasteiger partial charge is 0.406 e. The average Bonchev–Trinajstić information content (AvgIpc) is 2.68. The van der Waals surface area contributed by atoms with Crippen molar-refractivity contribution in [3.63, 3.8) is 0 Å². The highest BCUT2D eigenvalue weighted by molar-refractivity contribution is 6.03. The Hall–Kier alpha value is -3.34. The zero-order valence-electron chi connectivity index (χ0n) is 15.4. The van der Waals surface area contributed by atoms with Crippen LogP contribution >= 0.6 is 0 Å². The van der Waals surface area contributed by atoms with Crippen LogP contribution < -0.4 is 15.7 Å². The van der Waals surface area contributed by atoms with Crippen LogP contribution in [-0.2, 0) is 6.61 Å². The quantitative estimate of drug-likeness (QED) is 0.724. The van der Waals surface area contributed by atoms with Crippen LogP contribution in [0.5, 0.6) is 0 Å². The lowest BCUT2D eigenvalue weighted by atomic mass is 10.0. The lowest BCUT2D eigenvalue weighted by molar-refractivity contribution is 0.0863. The van der Waals surface area contributed by atoms with Gasteiger partial charge in [-0.25, -0.2) is 0 Å². The van der Waals surface area contributed by atoms with E-state index in [0.29, 0.717) is 11.6 Å². The molecule has 0 bridgehead atoms. The Morgan fingerprint density at radius 1 is 1.00 bits per heavy atom. The van der Waals surface area contributed by atoms with Crippen LogP contribution in [0.4, 0.5) is 5.69 Å². The van der Waals surface area contributed by atoms with Gasteiger partial charge in [0, 0.05) is 11.9 Å². The Morgan fingerprint density at radius 2 is 1.70 bits per heavy atom. The highest BCUT2D eigenvalue weighted by Crippen LogP contribution is 2.14. The molecule has 0 saturated carbocycles. The third-order valence-corrected chi connectivity index (χ3v) is 4.21. The fourth-order valence-electron chi connectivity index (χ4n) is 2.61. The minimum Gasteiger partial charge on any atom is -0.406 e. The number of rotatable bonds is 6. The molecule has 0 unspecified atom stereocenters. The maximum Gasteiger partial charge on any atom is 0.295 e. The minimum absolute atomic E-state index is 0.0245. The molecule has 2 aromatic carbocycles. The second-order valence-corrected chi connectivity index (χ2v) is 6.54. The van der Waals surface area contributed by atoms with E-state index in [1.54, 1.807) is 18.2 Å². The summed E-state index contributed by atoms with van der Waals surface area (Å²) < 4.78 is 1.09. The second kappa shape index (κ2) is 8.36. The molecule has 1 aromatic heterocycles. The summed E-state index contributed by atoms with van der Waals surface area (Å²) in [5, 5.41) is 2.71. The number of hydrogen-bond acceptors (Lipinski definition) is 3. The molecule has 1 heterocycles. The van der Waals surface area contributed by atoms with Crippen LogP contribution in [0.1, 0.15) is 41.3 Å². The Balaban J connectivity index is 1.71. The van der Waals surface area contributed by atoms with Crippen LogP contribution in [0.2, 0.25) is 0 Å². The SMILES string of the molecule is CC(C)c1ccc(COn2cccc(C(=O)Nc3ccccc3)c2=O)cc1. The molecule has 0 fully saturated rings. The van der Waals surface area contributed by atoms with Crippen molar-refractivity contribution in [2.24, 2.45) is 0 Å². The highest BCUT2D eigenvalue weighted by Gasteiger charge is 2.13. The third kappa shape index (κ3) is 4.64. The van der Waals surface area contributed by atoms with E-state index >= 15 is 0 Å². The van der Waals surface area contributed by atoms with Crippen molar-refractivity contribution >= 4 is 11.6 Å². The Bertz CT molecular complexity index is 961. The first-order valence-corrected chi connectivity index (χ1v) is 8.85. The van der Waals surface area contributed by atoms with Crippen LogP contribution in [0.3, 0.4) is 0 Å². The molecule has 3 aromatic rings. The molecule has 0 aliphatic carbocycles. The van der Waals surface area contributed by atoms with E-state index in [2.05, 4.69) is 31.3 Å². The summed E-state index contributed by atoms with van der Waals surface area (Å²) in [4.78, 5) is 30.5. The summed E-state index contributed by atoms with van der Waals surface area (Å²) in [6, 6.07) is 20.2. The van der Waals surface area contributed by atoms with Gasteiger partial charge in [0.15, 0.2) is 0 Å². The van der Waals surface area contributed by atoms with Crippen molar-refractivity contribution in [3.8, 4) is 0 Å². The van der Waals surface area contributed by atoms with Gasteiger partial charge in [-0.1, -0.05) is 56.3 Å². The number of nitrogens with one attached hydrogen (secondary N) is 1. The number of hydrogen-bond donors (Lipinski definition) is 1. The van der Waals surface area contributed by atoms with E-state index in [1.165, 1.54) is 17.8 Å². The maximum atomic E-state index is 12.5. The summed E-state index contributed by atoms with van der Waals surface area (Å²) >= 11 is 0. The molecular formula is C22H22N2O3. The fourth-order valence-corrected chi connectivity index (χ4v) is 2.61. The first-order chi connectivity index (χ1) is 13.0. The predicted molar refractivity (Wildman–Crippen MR) is 106 cm³/mol. The Labute approximate surface area is 158 Å². The van der Waals surface area contributed by atoms with Crippen molar-refractivity contribution in [2.45, 2.75) is 26.4 Å². The van der Waals surface area contributed by atoms with E-state index in [4.69, 9.17) is 4.84 Å². The van der Waals surface area contributed by atoms with Gasteiger partial charge in [-0.2, -0.15) is 4.73 Å². The summed E-state index contributed by atoms with van der Waals surface area (Å²) in [6.07, 6.45) is 1.50. The van der Waals surface area contributed by atoms with Crippen molar-refractivity contribution in [1.82, 2.24) is 4.73 Å². The van der Waals surface area contributed by atoms with E-state index in [0.717, 1.165) is 10.3 Å². The van der Waals surface area contributed by atoms with Gasteiger partial charge in [-0.05, 0) is 41.3 Å². The van der Waals surface area contributed by atoms with Gasteiger partial charge in [0.05, 0.1) is 0 Å². The van der Waals surface area contributed by atoms with Crippen LogP contribution in [0, 0.1) is 0 Å². The second-order valence-electron chi connectivity index (χ2n) is 6.54. The number of nitrogens with zero attached hydrogens (tertiary/aromatic N) is 1. The standard InChI is InChI=1S/C22H22N2O3/c1-16(2)18-12-10-17(11-13-18)15-27-24-14-6-9-20(22(24)26)21(25)23-19-7-4-3-5-8-19/h3-14,16H,15H2,1-2H3,(H,23,25). The molecule has 0 saturated heterocycles. The molecule has 0 atom stereocenters. The molecular weight excluding hydrogens is 340 g/mol. The average molecular weight is 362 g/mol. The number of carbonyl (C=O) groups excluding carboxylic acids is 1. The topological polar surface area (TPSA) is 60.3 Å². The van der Waals surface area contributed by atoms with E-state index < -0.39 is 11.5 Å². The number of carbonyl (C=O) groups is 1. The van der Waals surface area contributed by atoms with Crippen LogP contribution in [0.25, 0.3) is 0 Å². The lowest BCUT2D eigenvalue weighted by Gasteiger charge is -2.11. The number of para-hydroxylation sites is 1. The molecule has 27 heavy (non-hydrogen) atoms. The van der Waals surface area contributed by atoms with Crippen LogP contribution in [0.15, 0.2) is 77.7 Å². The van der Waals surface area contributed by atoms with Gasteiger partial charge in [-0.3, -0.25) is 9.59 Å². The Morgan fingerprint density at radius 3 is 2.37 bits per heavy atom. The van der Waals surface area contributed by atoms with Crippen molar-refractivity contribution in [1.29, 1.82) is 0 Å². The molecule has 5 nitrogen and oxygen atoms in total. The van der Waals surface area contributed by atoms with E-state index in [9.17, 15) is 9.59 Å². The normalized spacial score (nSPS) is 10.6. The van der Waals surface area contributed by atoms with Crippen molar-refractivity contribution < 1.29 is 9.63 Å². The number of anilines is 1. The van der Waals surface area contributed by atoms with Gasteiger partial charge < -0.3 is 10.2 Å². The first-order valence-electron chi connectivity index (χ1n) is 8.85. The zero-order valence-corrected chi connectivity index (χ0v) is 15.4. The Kier molecular flexibility index (Phi) is 5.71. The van der Waals surface area contributed by atoms with Gasteiger partial charge in [0.1, 0.15) is 12.2 Å². The number of amides is 1. The van der Waals surface area contributed by atoms with Crippen LogP contribution in [-0.4, -0.2) is 10.6 Å². The monoisotopic (exact) mass is 362 g/mol. The minimum atomic E-state index is -0.496. The van der Waals surface area contributed by atoms with Gasteiger partial charge in [0.25, 0.3) is 11.5 Å². The number of pyridine rings is 1. The number of aromatic nitrogens is 1. The van der Waals surface area contributed by atoms with Crippen molar-refractivity contribution in [2.75, 3.05) is 5.32 Å². The number of benzene rings is 2. The molecule has 1 amide bonds. The molecule has 0 radical (unpaired) electrons. The molecule has 138 valence electrons. The molecule has 0 aliphatic rings. The van der Waals surface area contributed by atoms with Crippen molar-refractivity contribution in [3.05, 3.63) is 100.0 Å². The lowest BCUT2D eigenvalue weighted by Crippen LogP contribution is -2.32. The van der Waals surface area contributed by atoms with E-state index in [-0.39, 0.29) is 12.2 Å². The molecule has 0 aliphatic heterocycles. The molecule has 0 spiro atoms. The zero-order chi connectivity index (χ0) is 19.2. The highest BCUT2D eigenvalue weighted by atomic mass is 16.7. The predicted octanol–water partition coefficient (Wildman–Crippen LogP) is 3.85. The first kappa shape index (κ1) is 18.5. The smallest absolute Gasteiger partial charge is 0.295 e. The van der Waals surface area contributed by atoms with Gasteiger partial charge in [-0.15, -0.1) is 0 Å². The molecule has 3 rings (SSSR count). The fraction of sp³-hybridized carbons (Fsp3) is 0.182. The van der Waals surface area contributed by atoms with Gasteiger partial charge >= 0.3 is 0 Å². The summed E-state index contributed by atoms with van der Waals surface area (Å²) in [6.45, 7) is 4.51. The van der Waals surface area contributed by atoms with Gasteiger partial charge in [0.2, 0.25) is 0 Å². The molecule has 1 N–H and O–H groups in total. The summed E-state index contributed by atoms with van der Waals surface area (Å²) in [7, 11) is 0. The third-order valence-electron chi connectivity index (χ3n) is 4.21. The summed E-state index contributed by atoms with van der Waals surface area (Å²) in [5.74, 6) is -0.00664. The van der Waals surface area contributed by atoms with E-state index in [1.807, 2.05) is 30.3 Å². The maximum absolute atomic E-state index is 12.5. The summed E-state index contributed by atoms with van der Waals surface area (Å²) in [5.41, 5.74) is 2.35. The molecule has 5 heteroatoms.